The van der Waals surface area contributed by atoms with Crippen LogP contribution in [0.3, 0.4) is 0 Å². The van der Waals surface area contributed by atoms with Crippen molar-refractivity contribution in [3.8, 4) is 5.95 Å². The molecule has 0 N–H and O–H groups in total. The van der Waals surface area contributed by atoms with E-state index in [0.717, 1.165) is 29.1 Å². The maximum Gasteiger partial charge on any atom is 0.435 e. The Morgan fingerprint density at radius 2 is 1.74 bits per heavy atom. The van der Waals surface area contributed by atoms with Crippen LogP contribution in [0.2, 0.25) is 0 Å². The minimum Gasteiger partial charge on any atom is -0.219 e. The lowest BCUT2D eigenvalue weighted by Crippen LogP contribution is -2.10. The molecule has 1 aromatic carbocycles. The lowest BCUT2D eigenvalue weighted by atomic mass is 10.0. The largest absolute Gasteiger partial charge is 0.435 e. The summed E-state index contributed by atoms with van der Waals surface area (Å²) < 4.78 is 77.4. The standard InChI is InChI=1S/C17H12F6N4/c1-10-9-24-15(27-6-5-14(26-27)17(21,22)23)25-13(10)8-11-3-2-4-12(7-11)16(18,19)20/h2-7,9H,8H2,1H3. The molecule has 0 saturated heterocycles. The van der Waals surface area contributed by atoms with Crippen LogP contribution in [0.25, 0.3) is 5.95 Å². The molecule has 0 aliphatic carbocycles. The van der Waals surface area contributed by atoms with Crippen molar-refractivity contribution in [2.24, 2.45) is 0 Å². The number of alkyl halides is 6. The van der Waals surface area contributed by atoms with Gasteiger partial charge in [0.2, 0.25) is 0 Å². The number of aromatic nitrogens is 4. The van der Waals surface area contributed by atoms with Crippen LogP contribution >= 0.6 is 0 Å². The number of hydrogen-bond donors (Lipinski definition) is 0. The summed E-state index contributed by atoms with van der Waals surface area (Å²) in [5, 5.41) is 3.39. The van der Waals surface area contributed by atoms with Crippen molar-refractivity contribution < 1.29 is 26.3 Å². The highest BCUT2D eigenvalue weighted by atomic mass is 19.4. The Bertz CT molecular complexity index is 959. The van der Waals surface area contributed by atoms with Crippen molar-refractivity contribution in [1.82, 2.24) is 19.7 Å². The van der Waals surface area contributed by atoms with E-state index in [-0.39, 0.29) is 12.4 Å². The smallest absolute Gasteiger partial charge is 0.219 e. The van der Waals surface area contributed by atoms with E-state index >= 15 is 0 Å². The van der Waals surface area contributed by atoms with Gasteiger partial charge in [0.25, 0.3) is 5.95 Å². The number of hydrogen-bond acceptors (Lipinski definition) is 3. The molecule has 0 unspecified atom stereocenters. The van der Waals surface area contributed by atoms with Crippen LogP contribution in [-0.4, -0.2) is 19.7 Å². The summed E-state index contributed by atoms with van der Waals surface area (Å²) in [6.45, 7) is 1.66. The van der Waals surface area contributed by atoms with Gasteiger partial charge in [-0.25, -0.2) is 14.6 Å². The van der Waals surface area contributed by atoms with Crippen LogP contribution in [0.15, 0.2) is 42.7 Å². The predicted octanol–water partition coefficient (Wildman–Crippen LogP) is 4.60. The van der Waals surface area contributed by atoms with Crippen LogP contribution < -0.4 is 0 Å². The van der Waals surface area contributed by atoms with E-state index in [0.29, 0.717) is 16.8 Å². The fourth-order valence-electron chi connectivity index (χ4n) is 2.39. The first kappa shape index (κ1) is 18.9. The van der Waals surface area contributed by atoms with Gasteiger partial charge < -0.3 is 0 Å². The first-order valence-electron chi connectivity index (χ1n) is 7.66. The maximum atomic E-state index is 12.8. The van der Waals surface area contributed by atoms with Crippen LogP contribution in [0.4, 0.5) is 26.3 Å². The summed E-state index contributed by atoms with van der Waals surface area (Å²) in [6, 6.07) is 5.57. The van der Waals surface area contributed by atoms with Crippen molar-refractivity contribution >= 4 is 0 Å². The number of nitrogens with zero attached hydrogens (tertiary/aromatic N) is 4. The molecule has 3 aromatic rings. The van der Waals surface area contributed by atoms with Crippen molar-refractivity contribution in [2.45, 2.75) is 25.7 Å². The highest BCUT2D eigenvalue weighted by molar-refractivity contribution is 5.32. The molecule has 3 rings (SSSR count). The SMILES string of the molecule is Cc1cnc(-n2ccc(C(F)(F)F)n2)nc1Cc1cccc(C(F)(F)F)c1. The third-order valence-corrected chi connectivity index (χ3v) is 3.77. The van der Waals surface area contributed by atoms with E-state index in [4.69, 9.17) is 0 Å². The van der Waals surface area contributed by atoms with Crippen LogP contribution in [0, 0.1) is 6.92 Å². The van der Waals surface area contributed by atoms with Gasteiger partial charge >= 0.3 is 12.4 Å². The first-order valence-corrected chi connectivity index (χ1v) is 7.66. The topological polar surface area (TPSA) is 43.6 Å². The van der Waals surface area contributed by atoms with E-state index in [9.17, 15) is 26.3 Å². The second kappa shape index (κ2) is 6.67. The van der Waals surface area contributed by atoms with Gasteiger partial charge in [0.15, 0.2) is 5.69 Å². The summed E-state index contributed by atoms with van der Waals surface area (Å²) in [4.78, 5) is 8.11. The minimum atomic E-state index is -4.60. The summed E-state index contributed by atoms with van der Waals surface area (Å²) >= 11 is 0. The molecule has 0 spiro atoms. The molecular weight excluding hydrogens is 374 g/mol. The monoisotopic (exact) mass is 386 g/mol. The van der Waals surface area contributed by atoms with Crippen molar-refractivity contribution in [2.75, 3.05) is 0 Å². The van der Waals surface area contributed by atoms with Crippen molar-refractivity contribution in [3.05, 3.63) is 70.8 Å². The molecule has 0 aliphatic heterocycles. The average Bonchev–Trinajstić information content (AvgIpc) is 3.07. The van der Waals surface area contributed by atoms with Gasteiger partial charge in [-0.3, -0.25) is 0 Å². The molecule has 0 fully saturated rings. The molecular formula is C17H12F6N4. The molecule has 2 aromatic heterocycles. The van der Waals surface area contributed by atoms with E-state index in [1.807, 2.05) is 0 Å². The van der Waals surface area contributed by atoms with Gasteiger partial charge in [-0.05, 0) is 30.2 Å². The third-order valence-electron chi connectivity index (χ3n) is 3.77. The molecule has 10 heteroatoms. The second-order valence-corrected chi connectivity index (χ2v) is 5.82. The summed E-state index contributed by atoms with van der Waals surface area (Å²) in [7, 11) is 0. The third kappa shape index (κ3) is 4.26. The highest BCUT2D eigenvalue weighted by Crippen LogP contribution is 2.30. The molecule has 0 amide bonds. The molecule has 2 heterocycles. The van der Waals surface area contributed by atoms with Crippen LogP contribution in [-0.2, 0) is 18.8 Å². The Morgan fingerprint density at radius 3 is 2.37 bits per heavy atom. The molecule has 4 nitrogen and oxygen atoms in total. The number of halogens is 6. The van der Waals surface area contributed by atoms with E-state index in [1.165, 1.54) is 18.3 Å². The molecule has 0 saturated carbocycles. The van der Waals surface area contributed by atoms with Crippen LogP contribution in [0.5, 0.6) is 0 Å². The Labute approximate surface area is 149 Å². The predicted molar refractivity (Wildman–Crippen MR) is 83.1 cm³/mol. The zero-order valence-electron chi connectivity index (χ0n) is 13.8. The molecule has 27 heavy (non-hydrogen) atoms. The lowest BCUT2D eigenvalue weighted by molar-refractivity contribution is -0.141. The van der Waals surface area contributed by atoms with Gasteiger partial charge in [0.05, 0.1) is 11.3 Å². The van der Waals surface area contributed by atoms with E-state index < -0.39 is 23.6 Å². The zero-order valence-corrected chi connectivity index (χ0v) is 13.8. The Kier molecular flexibility index (Phi) is 4.66. The maximum absolute atomic E-state index is 12.8. The normalized spacial score (nSPS) is 12.4. The highest BCUT2D eigenvalue weighted by Gasteiger charge is 2.34. The number of aryl methyl sites for hydroxylation is 1. The molecule has 0 radical (unpaired) electrons. The van der Waals surface area contributed by atoms with Gasteiger partial charge in [-0.2, -0.15) is 31.4 Å². The Morgan fingerprint density at radius 1 is 1.00 bits per heavy atom. The Hall–Kier alpha value is -2.91. The van der Waals surface area contributed by atoms with Crippen molar-refractivity contribution in [1.29, 1.82) is 0 Å². The molecule has 0 bridgehead atoms. The van der Waals surface area contributed by atoms with Gasteiger partial charge in [0.1, 0.15) is 0 Å². The molecule has 142 valence electrons. The average molecular weight is 386 g/mol. The molecule has 0 aliphatic rings. The minimum absolute atomic E-state index is 0.0681. The van der Waals surface area contributed by atoms with Gasteiger partial charge in [-0.1, -0.05) is 18.2 Å². The van der Waals surface area contributed by atoms with E-state index in [2.05, 4.69) is 15.1 Å². The number of rotatable bonds is 3. The van der Waals surface area contributed by atoms with Gasteiger partial charge in [-0.15, -0.1) is 0 Å². The fourth-order valence-corrected chi connectivity index (χ4v) is 2.39. The fraction of sp³-hybridized carbons (Fsp3) is 0.235. The summed E-state index contributed by atoms with van der Waals surface area (Å²) in [5.74, 6) is -0.0990. The van der Waals surface area contributed by atoms with E-state index in [1.54, 1.807) is 6.92 Å². The van der Waals surface area contributed by atoms with Crippen molar-refractivity contribution in [3.63, 3.8) is 0 Å². The second-order valence-electron chi connectivity index (χ2n) is 5.82. The zero-order chi connectivity index (χ0) is 19.8. The lowest BCUT2D eigenvalue weighted by Gasteiger charge is -2.10. The number of benzene rings is 1. The Balaban J connectivity index is 1.92. The quantitative estimate of drug-likeness (QED) is 0.618. The molecule has 0 atom stereocenters. The summed E-state index contributed by atoms with van der Waals surface area (Å²) in [6.07, 6.45) is -6.54. The van der Waals surface area contributed by atoms with Gasteiger partial charge in [0, 0.05) is 18.8 Å². The first-order chi connectivity index (χ1) is 12.5. The van der Waals surface area contributed by atoms with Crippen LogP contribution in [0.1, 0.15) is 28.1 Å². The summed E-state index contributed by atoms with van der Waals surface area (Å²) in [5.41, 5.74) is -0.517.